The summed E-state index contributed by atoms with van der Waals surface area (Å²) in [4.78, 5) is 24.0. The number of ether oxygens (including phenoxy) is 1. The number of carbonyl (C=O) groups is 2. The van der Waals surface area contributed by atoms with Gasteiger partial charge in [-0.15, -0.1) is 0 Å². The highest BCUT2D eigenvalue weighted by Gasteiger charge is 2.10. The van der Waals surface area contributed by atoms with Crippen LogP contribution in [0, 0.1) is 5.82 Å². The predicted octanol–water partition coefficient (Wildman–Crippen LogP) is 3.87. The van der Waals surface area contributed by atoms with E-state index in [0.29, 0.717) is 30.8 Å². The molecule has 1 heterocycles. The van der Waals surface area contributed by atoms with Crippen LogP contribution in [0.3, 0.4) is 0 Å². The molecule has 2 N–H and O–H groups in total. The SMILES string of the molecule is O=C(NCCCOc1ccccc1F)c1ccc(NC(=O)c2ccco2)cc1. The maximum absolute atomic E-state index is 13.4. The molecule has 2 amide bonds. The Morgan fingerprint density at radius 3 is 2.46 bits per heavy atom. The summed E-state index contributed by atoms with van der Waals surface area (Å²) in [5, 5.41) is 5.45. The first-order chi connectivity index (χ1) is 13.6. The average Bonchev–Trinajstić information content (AvgIpc) is 3.24. The van der Waals surface area contributed by atoms with Gasteiger partial charge in [0, 0.05) is 17.8 Å². The molecule has 0 unspecified atom stereocenters. The molecule has 0 radical (unpaired) electrons. The fourth-order valence-corrected chi connectivity index (χ4v) is 2.43. The molecule has 0 saturated heterocycles. The Morgan fingerprint density at radius 2 is 1.75 bits per heavy atom. The third-order valence-corrected chi connectivity index (χ3v) is 3.85. The second kappa shape index (κ2) is 9.36. The minimum atomic E-state index is -0.411. The minimum absolute atomic E-state index is 0.195. The third kappa shape index (κ3) is 5.20. The lowest BCUT2D eigenvalue weighted by Crippen LogP contribution is -2.25. The molecule has 0 atom stereocenters. The largest absolute Gasteiger partial charge is 0.490 e. The van der Waals surface area contributed by atoms with Gasteiger partial charge in [0.25, 0.3) is 11.8 Å². The first kappa shape index (κ1) is 19.2. The maximum atomic E-state index is 13.4. The number of anilines is 1. The van der Waals surface area contributed by atoms with E-state index in [4.69, 9.17) is 9.15 Å². The predicted molar refractivity (Wildman–Crippen MR) is 102 cm³/mol. The number of hydrogen-bond acceptors (Lipinski definition) is 4. The summed E-state index contributed by atoms with van der Waals surface area (Å²) < 4.78 is 23.8. The number of hydrogen-bond donors (Lipinski definition) is 2. The molecule has 0 spiro atoms. The zero-order chi connectivity index (χ0) is 19.8. The molecule has 144 valence electrons. The zero-order valence-corrected chi connectivity index (χ0v) is 15.0. The molecule has 1 aromatic heterocycles. The van der Waals surface area contributed by atoms with Crippen LogP contribution in [-0.2, 0) is 0 Å². The van der Waals surface area contributed by atoms with E-state index in [2.05, 4.69) is 10.6 Å². The first-order valence-electron chi connectivity index (χ1n) is 8.74. The van der Waals surface area contributed by atoms with Crippen molar-refractivity contribution in [3.8, 4) is 5.75 Å². The number of rotatable bonds is 8. The second-order valence-corrected chi connectivity index (χ2v) is 5.90. The van der Waals surface area contributed by atoms with Gasteiger partial charge in [0.05, 0.1) is 12.9 Å². The number of carbonyl (C=O) groups excluding carboxylic acids is 2. The Bertz CT molecular complexity index is 924. The van der Waals surface area contributed by atoms with E-state index in [9.17, 15) is 14.0 Å². The van der Waals surface area contributed by atoms with Crippen LogP contribution in [0.4, 0.5) is 10.1 Å². The number of amides is 2. The lowest BCUT2D eigenvalue weighted by molar-refractivity contribution is 0.0950. The van der Waals surface area contributed by atoms with Gasteiger partial charge < -0.3 is 19.8 Å². The quantitative estimate of drug-likeness (QED) is 0.580. The molecule has 0 aliphatic carbocycles. The van der Waals surface area contributed by atoms with Gasteiger partial charge in [-0.3, -0.25) is 9.59 Å². The third-order valence-electron chi connectivity index (χ3n) is 3.85. The highest BCUT2D eigenvalue weighted by Crippen LogP contribution is 2.15. The van der Waals surface area contributed by atoms with Crippen LogP contribution in [0.25, 0.3) is 0 Å². The van der Waals surface area contributed by atoms with Crippen molar-refractivity contribution in [3.05, 3.63) is 84.1 Å². The number of para-hydroxylation sites is 1. The lowest BCUT2D eigenvalue weighted by Gasteiger charge is -2.09. The summed E-state index contributed by atoms with van der Waals surface area (Å²) in [6.45, 7) is 0.684. The topological polar surface area (TPSA) is 80.6 Å². The highest BCUT2D eigenvalue weighted by atomic mass is 19.1. The molecular weight excluding hydrogens is 363 g/mol. The van der Waals surface area contributed by atoms with Crippen LogP contribution in [-0.4, -0.2) is 25.0 Å². The zero-order valence-electron chi connectivity index (χ0n) is 15.0. The lowest BCUT2D eigenvalue weighted by atomic mass is 10.2. The summed E-state index contributed by atoms with van der Waals surface area (Å²) in [6.07, 6.45) is 1.96. The fraction of sp³-hybridized carbons (Fsp3) is 0.143. The molecule has 0 aliphatic rings. The molecule has 0 bridgehead atoms. The smallest absolute Gasteiger partial charge is 0.291 e. The standard InChI is InChI=1S/C21H19FN2O4/c22-17-5-1-2-6-18(17)27-14-4-12-23-20(25)15-8-10-16(11-9-15)24-21(26)19-7-3-13-28-19/h1-3,5-11,13H,4,12,14H2,(H,23,25)(H,24,26). The highest BCUT2D eigenvalue weighted by molar-refractivity contribution is 6.02. The van der Waals surface area contributed by atoms with E-state index in [-0.39, 0.29) is 23.3 Å². The summed E-state index contributed by atoms with van der Waals surface area (Å²) in [5.41, 5.74) is 1.02. The van der Waals surface area contributed by atoms with Crippen molar-refractivity contribution in [1.82, 2.24) is 5.32 Å². The van der Waals surface area contributed by atoms with Crippen molar-refractivity contribution < 1.29 is 23.1 Å². The Kier molecular flexibility index (Phi) is 6.41. The molecule has 3 aromatic rings. The monoisotopic (exact) mass is 382 g/mol. The number of nitrogens with one attached hydrogen (secondary N) is 2. The molecule has 6 nitrogen and oxygen atoms in total. The molecule has 0 aliphatic heterocycles. The molecule has 7 heteroatoms. The maximum Gasteiger partial charge on any atom is 0.291 e. The summed E-state index contributed by atoms with van der Waals surface area (Å²) in [6, 6.07) is 15.9. The van der Waals surface area contributed by atoms with Crippen molar-refractivity contribution in [2.45, 2.75) is 6.42 Å². The Hall–Kier alpha value is -3.61. The number of furan rings is 1. The van der Waals surface area contributed by atoms with E-state index in [1.54, 1.807) is 54.6 Å². The van der Waals surface area contributed by atoms with Crippen molar-refractivity contribution in [2.24, 2.45) is 0 Å². The van der Waals surface area contributed by atoms with Gasteiger partial charge in [-0.05, 0) is 55.0 Å². The Morgan fingerprint density at radius 1 is 0.964 bits per heavy atom. The summed E-state index contributed by atoms with van der Waals surface area (Å²) in [5.74, 6) is -0.613. The van der Waals surface area contributed by atoms with Gasteiger partial charge in [-0.25, -0.2) is 4.39 Å². The van der Waals surface area contributed by atoms with Crippen LogP contribution in [0.5, 0.6) is 5.75 Å². The van der Waals surface area contributed by atoms with Crippen LogP contribution in [0.1, 0.15) is 27.3 Å². The number of halogens is 1. The molecule has 3 rings (SSSR count). The van der Waals surface area contributed by atoms with Crippen molar-refractivity contribution in [2.75, 3.05) is 18.5 Å². The van der Waals surface area contributed by atoms with Gasteiger partial charge in [0.15, 0.2) is 17.3 Å². The minimum Gasteiger partial charge on any atom is -0.490 e. The summed E-state index contributed by atoms with van der Waals surface area (Å²) >= 11 is 0. The van der Waals surface area contributed by atoms with Crippen LogP contribution in [0.2, 0.25) is 0 Å². The van der Waals surface area contributed by atoms with Gasteiger partial charge in [-0.2, -0.15) is 0 Å². The van der Waals surface area contributed by atoms with Crippen molar-refractivity contribution >= 4 is 17.5 Å². The van der Waals surface area contributed by atoms with E-state index in [0.717, 1.165) is 0 Å². The molecule has 0 fully saturated rings. The van der Waals surface area contributed by atoms with Crippen molar-refractivity contribution in [1.29, 1.82) is 0 Å². The van der Waals surface area contributed by atoms with Gasteiger partial charge in [0.1, 0.15) is 0 Å². The van der Waals surface area contributed by atoms with Crippen LogP contribution < -0.4 is 15.4 Å². The molecule has 28 heavy (non-hydrogen) atoms. The fourth-order valence-electron chi connectivity index (χ4n) is 2.43. The Labute approximate surface area is 161 Å². The number of benzene rings is 2. The van der Waals surface area contributed by atoms with E-state index in [1.807, 2.05) is 0 Å². The van der Waals surface area contributed by atoms with Gasteiger partial charge >= 0.3 is 0 Å². The van der Waals surface area contributed by atoms with Gasteiger partial charge in [-0.1, -0.05) is 12.1 Å². The second-order valence-electron chi connectivity index (χ2n) is 5.90. The normalized spacial score (nSPS) is 10.3. The molecule has 0 saturated carbocycles. The van der Waals surface area contributed by atoms with E-state index >= 15 is 0 Å². The molecule has 2 aromatic carbocycles. The Balaban J connectivity index is 1.41. The first-order valence-corrected chi connectivity index (χ1v) is 8.74. The van der Waals surface area contributed by atoms with E-state index in [1.165, 1.54) is 12.3 Å². The van der Waals surface area contributed by atoms with Crippen LogP contribution in [0.15, 0.2) is 71.3 Å². The van der Waals surface area contributed by atoms with E-state index < -0.39 is 5.82 Å². The van der Waals surface area contributed by atoms with Crippen molar-refractivity contribution in [3.63, 3.8) is 0 Å². The molecular formula is C21H19FN2O4. The average molecular weight is 382 g/mol. The van der Waals surface area contributed by atoms with Gasteiger partial charge in [0.2, 0.25) is 0 Å². The summed E-state index contributed by atoms with van der Waals surface area (Å²) in [7, 11) is 0. The van der Waals surface area contributed by atoms with Crippen LogP contribution >= 0.6 is 0 Å².